The monoisotopic (exact) mass is 287 g/mol. The molecule has 1 amide bonds. The summed E-state index contributed by atoms with van der Waals surface area (Å²) in [5.41, 5.74) is 0.655. The summed E-state index contributed by atoms with van der Waals surface area (Å²) in [5.74, 6) is -0.296. The van der Waals surface area contributed by atoms with Crippen LogP contribution >= 0.6 is 11.6 Å². The van der Waals surface area contributed by atoms with Gasteiger partial charge in [-0.05, 0) is 19.1 Å². The van der Waals surface area contributed by atoms with E-state index in [1.807, 2.05) is 6.07 Å². The first kappa shape index (κ1) is 14.2. The second-order valence-electron chi connectivity index (χ2n) is 4.24. The van der Waals surface area contributed by atoms with E-state index in [0.29, 0.717) is 5.69 Å². The SMILES string of the molecule is CC(Cl)C(=O)N(CC1OCOC1F)c1ccccc1. The lowest BCUT2D eigenvalue weighted by atomic mass is 10.2. The van der Waals surface area contributed by atoms with Gasteiger partial charge in [-0.15, -0.1) is 11.6 Å². The minimum Gasteiger partial charge on any atom is -0.345 e. The molecule has 104 valence electrons. The van der Waals surface area contributed by atoms with Gasteiger partial charge in [-0.1, -0.05) is 18.2 Å². The summed E-state index contributed by atoms with van der Waals surface area (Å²) in [6, 6.07) is 8.96. The summed E-state index contributed by atoms with van der Waals surface area (Å²) in [6.45, 7) is 1.55. The van der Waals surface area contributed by atoms with Gasteiger partial charge in [-0.25, -0.2) is 4.39 Å². The Morgan fingerprint density at radius 3 is 2.68 bits per heavy atom. The normalized spacial score (nSPS) is 24.2. The Bertz CT molecular complexity index is 429. The fraction of sp³-hybridized carbons (Fsp3) is 0.462. The van der Waals surface area contributed by atoms with E-state index in [-0.39, 0.29) is 19.2 Å². The zero-order chi connectivity index (χ0) is 13.8. The largest absolute Gasteiger partial charge is 0.345 e. The Balaban J connectivity index is 2.17. The fourth-order valence-corrected chi connectivity index (χ4v) is 1.95. The number of carbonyl (C=O) groups excluding carboxylic acids is 1. The Morgan fingerprint density at radius 1 is 1.47 bits per heavy atom. The highest BCUT2D eigenvalue weighted by Crippen LogP contribution is 2.21. The number of carbonyl (C=O) groups is 1. The molecule has 1 aromatic rings. The van der Waals surface area contributed by atoms with Crippen molar-refractivity contribution in [3.63, 3.8) is 0 Å². The van der Waals surface area contributed by atoms with Crippen LogP contribution in [-0.2, 0) is 14.3 Å². The predicted molar refractivity (Wildman–Crippen MR) is 69.8 cm³/mol. The van der Waals surface area contributed by atoms with Gasteiger partial charge in [0.2, 0.25) is 12.3 Å². The summed E-state index contributed by atoms with van der Waals surface area (Å²) in [5, 5.41) is -0.694. The van der Waals surface area contributed by atoms with Gasteiger partial charge in [0.1, 0.15) is 11.5 Å². The van der Waals surface area contributed by atoms with Crippen LogP contribution in [0.2, 0.25) is 0 Å². The summed E-state index contributed by atoms with van der Waals surface area (Å²) in [4.78, 5) is 13.5. The molecule has 0 saturated carbocycles. The van der Waals surface area contributed by atoms with Gasteiger partial charge >= 0.3 is 0 Å². The molecule has 1 aliphatic heterocycles. The minimum absolute atomic E-state index is 0.0705. The van der Waals surface area contributed by atoms with Crippen molar-refractivity contribution in [3.8, 4) is 0 Å². The predicted octanol–water partition coefficient (Wildman–Crippen LogP) is 2.32. The molecule has 0 spiro atoms. The lowest BCUT2D eigenvalue weighted by Gasteiger charge is -2.26. The number of amides is 1. The average Bonchev–Trinajstić information content (AvgIpc) is 2.81. The summed E-state index contributed by atoms with van der Waals surface area (Å²) in [7, 11) is 0. The molecule has 2 rings (SSSR count). The van der Waals surface area contributed by atoms with E-state index in [2.05, 4.69) is 4.74 Å². The number of alkyl halides is 2. The maximum atomic E-state index is 13.4. The Morgan fingerprint density at radius 2 is 2.16 bits per heavy atom. The number of benzene rings is 1. The molecule has 0 bridgehead atoms. The molecule has 1 fully saturated rings. The van der Waals surface area contributed by atoms with Crippen LogP contribution in [0.5, 0.6) is 0 Å². The second-order valence-corrected chi connectivity index (χ2v) is 4.90. The number of halogens is 2. The van der Waals surface area contributed by atoms with Gasteiger partial charge < -0.3 is 14.4 Å². The molecule has 0 radical (unpaired) electrons. The number of para-hydroxylation sites is 1. The molecule has 0 aliphatic carbocycles. The fourth-order valence-electron chi connectivity index (χ4n) is 1.84. The van der Waals surface area contributed by atoms with Crippen LogP contribution in [0.15, 0.2) is 30.3 Å². The third kappa shape index (κ3) is 3.43. The summed E-state index contributed by atoms with van der Waals surface area (Å²) >= 11 is 5.84. The zero-order valence-electron chi connectivity index (χ0n) is 10.5. The van der Waals surface area contributed by atoms with Crippen molar-refractivity contribution in [1.29, 1.82) is 0 Å². The van der Waals surface area contributed by atoms with Crippen molar-refractivity contribution >= 4 is 23.2 Å². The van der Waals surface area contributed by atoms with Crippen LogP contribution in [0, 0.1) is 0 Å². The zero-order valence-corrected chi connectivity index (χ0v) is 11.2. The van der Waals surface area contributed by atoms with Crippen molar-refractivity contribution in [1.82, 2.24) is 0 Å². The van der Waals surface area contributed by atoms with E-state index in [1.54, 1.807) is 31.2 Å². The highest BCUT2D eigenvalue weighted by molar-refractivity contribution is 6.32. The van der Waals surface area contributed by atoms with Crippen molar-refractivity contribution in [2.75, 3.05) is 18.2 Å². The van der Waals surface area contributed by atoms with Gasteiger partial charge in [0.05, 0.1) is 6.54 Å². The van der Waals surface area contributed by atoms with E-state index in [0.717, 1.165) is 0 Å². The van der Waals surface area contributed by atoms with Gasteiger partial charge in [0.25, 0.3) is 0 Å². The van der Waals surface area contributed by atoms with Crippen LogP contribution in [0.25, 0.3) is 0 Å². The standard InChI is InChI=1S/C13H15ClFNO3/c1-9(14)13(17)16(10-5-3-2-4-6-10)7-11-12(15)19-8-18-11/h2-6,9,11-12H,7-8H2,1H3. The molecular formula is C13H15ClFNO3. The highest BCUT2D eigenvalue weighted by Gasteiger charge is 2.33. The number of hydrogen-bond donors (Lipinski definition) is 0. The number of ether oxygens (including phenoxy) is 2. The van der Waals surface area contributed by atoms with Gasteiger partial charge in [0, 0.05) is 5.69 Å². The molecule has 0 N–H and O–H groups in total. The van der Waals surface area contributed by atoms with Crippen LogP contribution in [0.3, 0.4) is 0 Å². The van der Waals surface area contributed by atoms with Gasteiger partial charge in [0.15, 0.2) is 6.79 Å². The van der Waals surface area contributed by atoms with E-state index in [1.165, 1.54) is 4.90 Å². The summed E-state index contributed by atoms with van der Waals surface area (Å²) in [6.07, 6.45) is -2.32. The molecular weight excluding hydrogens is 273 g/mol. The molecule has 4 nitrogen and oxygen atoms in total. The Labute approximate surface area is 116 Å². The van der Waals surface area contributed by atoms with Crippen LogP contribution < -0.4 is 4.90 Å². The number of hydrogen-bond acceptors (Lipinski definition) is 3. The van der Waals surface area contributed by atoms with E-state index in [9.17, 15) is 9.18 Å². The van der Waals surface area contributed by atoms with E-state index in [4.69, 9.17) is 16.3 Å². The highest BCUT2D eigenvalue weighted by atomic mass is 35.5. The maximum absolute atomic E-state index is 13.4. The van der Waals surface area contributed by atoms with Crippen LogP contribution in [0.4, 0.5) is 10.1 Å². The average molecular weight is 288 g/mol. The molecule has 1 aromatic carbocycles. The lowest BCUT2D eigenvalue weighted by molar-refractivity contribution is -0.118. The molecule has 1 heterocycles. The molecule has 6 heteroatoms. The van der Waals surface area contributed by atoms with E-state index < -0.39 is 17.8 Å². The third-order valence-corrected chi connectivity index (χ3v) is 3.03. The first-order valence-corrected chi connectivity index (χ1v) is 6.41. The van der Waals surface area contributed by atoms with Crippen LogP contribution in [-0.4, -0.2) is 37.1 Å². The third-order valence-electron chi connectivity index (χ3n) is 2.84. The van der Waals surface area contributed by atoms with Gasteiger partial charge in [-0.3, -0.25) is 4.79 Å². The Kier molecular flexibility index (Phi) is 4.74. The summed E-state index contributed by atoms with van der Waals surface area (Å²) < 4.78 is 23.2. The van der Waals surface area contributed by atoms with E-state index >= 15 is 0 Å². The first-order valence-electron chi connectivity index (χ1n) is 5.97. The van der Waals surface area contributed by atoms with Crippen molar-refractivity contribution in [2.24, 2.45) is 0 Å². The second kappa shape index (κ2) is 6.32. The van der Waals surface area contributed by atoms with Crippen LogP contribution in [0.1, 0.15) is 6.92 Å². The Hall–Kier alpha value is -1.17. The number of rotatable bonds is 4. The number of nitrogens with zero attached hydrogens (tertiary/aromatic N) is 1. The quantitative estimate of drug-likeness (QED) is 0.798. The first-order chi connectivity index (χ1) is 9.09. The van der Waals surface area contributed by atoms with Crippen molar-refractivity contribution in [3.05, 3.63) is 30.3 Å². The smallest absolute Gasteiger partial charge is 0.244 e. The van der Waals surface area contributed by atoms with Crippen molar-refractivity contribution in [2.45, 2.75) is 24.8 Å². The minimum atomic E-state index is -1.52. The molecule has 3 unspecified atom stereocenters. The molecule has 19 heavy (non-hydrogen) atoms. The molecule has 3 atom stereocenters. The van der Waals surface area contributed by atoms with Gasteiger partial charge in [-0.2, -0.15) is 0 Å². The topological polar surface area (TPSA) is 38.8 Å². The maximum Gasteiger partial charge on any atom is 0.244 e. The number of anilines is 1. The molecule has 0 aromatic heterocycles. The van der Waals surface area contributed by atoms with Crippen molar-refractivity contribution < 1.29 is 18.7 Å². The lowest BCUT2D eigenvalue weighted by Crippen LogP contribution is -2.43. The molecule has 1 saturated heterocycles. The molecule has 1 aliphatic rings.